The van der Waals surface area contributed by atoms with Crippen LogP contribution in [0, 0.1) is 6.08 Å². The maximum atomic E-state index is 12.7. The van der Waals surface area contributed by atoms with Crippen molar-refractivity contribution >= 4 is 22.9 Å². The fourth-order valence-corrected chi connectivity index (χ4v) is 1.45. The molecule has 0 unspecified atom stereocenters. The van der Waals surface area contributed by atoms with Gasteiger partial charge in [0.15, 0.2) is 5.65 Å². The van der Waals surface area contributed by atoms with Crippen LogP contribution in [-0.2, 0) is 0 Å². The summed E-state index contributed by atoms with van der Waals surface area (Å²) in [4.78, 5) is 13.8. The van der Waals surface area contributed by atoms with Crippen LogP contribution < -0.4 is 0 Å². The summed E-state index contributed by atoms with van der Waals surface area (Å²) >= 11 is 1.35. The van der Waals surface area contributed by atoms with E-state index in [0.717, 1.165) is 0 Å². The summed E-state index contributed by atoms with van der Waals surface area (Å²) in [6.07, 6.45) is 2.56. The number of thioether (sulfide) groups is 1. The van der Waals surface area contributed by atoms with Crippen molar-refractivity contribution in [2.45, 2.75) is 32.7 Å². The smallest absolute Gasteiger partial charge is 0.311 e. The number of hydrogen-bond donors (Lipinski definition) is 1. The molecule has 0 atom stereocenters. The van der Waals surface area contributed by atoms with E-state index < -0.39 is 6.08 Å². The Morgan fingerprint density at radius 1 is 1.19 bits per heavy atom. The molecule has 0 saturated carbocycles. The monoisotopic (exact) mass is 244 g/mol. The normalized spacial score (nSPS) is 8.88. The number of fused-ring (bicyclic) bond motifs is 1. The minimum atomic E-state index is -0.737. The number of imidazole rings is 1. The molecule has 2 heterocycles. The average Bonchev–Trinajstić information content (AvgIpc) is 2.81. The molecule has 0 aliphatic heterocycles. The zero-order valence-electron chi connectivity index (χ0n) is 10.2. The van der Waals surface area contributed by atoms with Crippen LogP contribution in [0.3, 0.4) is 0 Å². The molecule has 0 aliphatic rings. The molecule has 16 heavy (non-hydrogen) atoms. The first-order valence-corrected chi connectivity index (χ1v) is 6.44. The van der Waals surface area contributed by atoms with Crippen molar-refractivity contribution < 1.29 is 4.39 Å². The molecule has 6 heteroatoms. The van der Waals surface area contributed by atoms with Crippen molar-refractivity contribution in [1.29, 1.82) is 0 Å². The molecule has 0 fully saturated rings. The number of hydrogen-bond acceptors (Lipinski definition) is 4. The third kappa shape index (κ3) is 3.44. The Morgan fingerprint density at radius 3 is 2.38 bits per heavy atom. The Kier molecular flexibility index (Phi) is 7.45. The number of halogens is 1. The molecule has 4 nitrogen and oxygen atoms in total. The predicted octanol–water partition coefficient (Wildman–Crippen LogP) is 3.27. The molecule has 2 rings (SSSR count). The highest BCUT2D eigenvalue weighted by atomic mass is 32.2. The molecule has 0 saturated heterocycles. The van der Waals surface area contributed by atoms with Gasteiger partial charge in [0.2, 0.25) is 0 Å². The summed E-state index contributed by atoms with van der Waals surface area (Å²) in [6.45, 7) is 8.00. The van der Waals surface area contributed by atoms with Crippen LogP contribution in [0.4, 0.5) is 4.39 Å². The molecule has 1 N–H and O–H groups in total. The maximum absolute atomic E-state index is 12.7. The van der Waals surface area contributed by atoms with Crippen LogP contribution >= 0.6 is 11.8 Å². The average molecular weight is 244 g/mol. The fourth-order valence-electron chi connectivity index (χ4n) is 0.929. The van der Waals surface area contributed by atoms with Crippen LogP contribution in [0.1, 0.15) is 27.7 Å². The van der Waals surface area contributed by atoms with E-state index in [1.165, 1.54) is 18.1 Å². The van der Waals surface area contributed by atoms with Crippen molar-refractivity contribution in [3.05, 3.63) is 12.4 Å². The van der Waals surface area contributed by atoms with E-state index in [1.807, 2.05) is 34.0 Å². The van der Waals surface area contributed by atoms with E-state index in [0.29, 0.717) is 16.2 Å². The minimum absolute atomic E-state index is 0.367. The number of aromatic amines is 1. The third-order valence-electron chi connectivity index (χ3n) is 1.42. The van der Waals surface area contributed by atoms with Gasteiger partial charge in [-0.05, 0) is 6.26 Å². The van der Waals surface area contributed by atoms with Gasteiger partial charge < -0.3 is 4.98 Å². The van der Waals surface area contributed by atoms with Crippen LogP contribution in [0.15, 0.2) is 11.4 Å². The molecule has 0 spiro atoms. The number of nitrogens with one attached hydrogen (secondary N) is 1. The fraction of sp³-hybridized carbons (Fsp3) is 0.500. The molecule has 0 amide bonds. The van der Waals surface area contributed by atoms with E-state index in [-0.39, 0.29) is 0 Å². The van der Waals surface area contributed by atoms with Crippen LogP contribution in [0.25, 0.3) is 11.2 Å². The lowest BCUT2D eigenvalue weighted by Gasteiger charge is -1.95. The van der Waals surface area contributed by atoms with Crippen LogP contribution in [-0.4, -0.2) is 26.2 Å². The van der Waals surface area contributed by atoms with E-state index in [9.17, 15) is 4.39 Å². The highest BCUT2D eigenvalue weighted by Gasteiger charge is 2.07. The van der Waals surface area contributed by atoms with Crippen molar-refractivity contribution in [3.63, 3.8) is 0 Å². The largest absolute Gasteiger partial charge is 0.341 e. The number of H-pyrrole nitrogens is 1. The molecule has 0 radical (unpaired) electrons. The summed E-state index contributed by atoms with van der Waals surface area (Å²) < 4.78 is 12.7. The van der Waals surface area contributed by atoms with Gasteiger partial charge in [-0.1, -0.05) is 27.7 Å². The van der Waals surface area contributed by atoms with Crippen molar-refractivity contribution in [2.75, 3.05) is 6.26 Å². The van der Waals surface area contributed by atoms with Gasteiger partial charge in [-0.3, -0.25) is 0 Å². The van der Waals surface area contributed by atoms with Crippen molar-refractivity contribution in [3.8, 4) is 0 Å². The topological polar surface area (TPSA) is 54.5 Å². The van der Waals surface area contributed by atoms with Gasteiger partial charge in [0.1, 0.15) is 10.5 Å². The second-order valence-corrected chi connectivity index (χ2v) is 2.90. The molecule has 0 aromatic carbocycles. The lowest BCUT2D eigenvalue weighted by Crippen LogP contribution is -1.92. The maximum Gasteiger partial charge on any atom is 0.311 e. The number of rotatable bonds is 1. The first-order valence-electron chi connectivity index (χ1n) is 5.22. The van der Waals surface area contributed by atoms with Gasteiger partial charge in [-0.15, -0.1) is 11.8 Å². The predicted molar refractivity (Wildman–Crippen MR) is 66.1 cm³/mol. The Morgan fingerprint density at radius 2 is 1.81 bits per heavy atom. The van der Waals surface area contributed by atoms with Crippen molar-refractivity contribution in [2.24, 2.45) is 0 Å². The lowest BCUT2D eigenvalue weighted by atomic mass is 10.6. The zero-order chi connectivity index (χ0) is 12.6. The molecule has 2 aromatic rings. The Balaban J connectivity index is 0.000000509. The quantitative estimate of drug-likeness (QED) is 0.475. The zero-order valence-corrected chi connectivity index (χ0v) is 11.0. The molecule has 0 bridgehead atoms. The molecular weight excluding hydrogens is 227 g/mol. The van der Waals surface area contributed by atoms with Crippen LogP contribution in [0.5, 0.6) is 0 Å². The van der Waals surface area contributed by atoms with E-state index in [1.54, 1.807) is 0 Å². The van der Waals surface area contributed by atoms with Gasteiger partial charge in [0, 0.05) is 0 Å². The Labute approximate surface area is 99.1 Å². The molecule has 90 valence electrons. The Bertz CT molecular complexity index is 416. The minimum Gasteiger partial charge on any atom is -0.341 e. The molecule has 0 aliphatic carbocycles. The van der Waals surface area contributed by atoms with E-state index >= 15 is 0 Å². The second-order valence-electron chi connectivity index (χ2n) is 2.10. The number of nitrogens with zero attached hydrogens (tertiary/aromatic N) is 3. The summed E-state index contributed by atoms with van der Waals surface area (Å²) in [5.74, 6) is 0. The highest BCUT2D eigenvalue weighted by molar-refractivity contribution is 7.98. The molecular formula is C10H17FN4S. The summed E-state index contributed by atoms with van der Waals surface area (Å²) in [6, 6.07) is 0. The Hall–Kier alpha value is -1.17. The van der Waals surface area contributed by atoms with E-state index in [4.69, 9.17) is 0 Å². The number of aromatic nitrogens is 4. The van der Waals surface area contributed by atoms with Gasteiger partial charge >= 0.3 is 6.08 Å². The third-order valence-corrected chi connectivity index (χ3v) is 2.10. The first kappa shape index (κ1) is 14.8. The summed E-state index contributed by atoms with van der Waals surface area (Å²) in [7, 11) is 0. The van der Waals surface area contributed by atoms with Gasteiger partial charge in [0.05, 0.1) is 6.33 Å². The van der Waals surface area contributed by atoms with E-state index in [2.05, 4.69) is 19.9 Å². The summed E-state index contributed by atoms with van der Waals surface area (Å²) in [5.41, 5.74) is 1.05. The first-order chi connectivity index (χ1) is 7.81. The second kappa shape index (κ2) is 8.04. The molecule has 2 aromatic heterocycles. The van der Waals surface area contributed by atoms with Gasteiger partial charge in [0.25, 0.3) is 0 Å². The van der Waals surface area contributed by atoms with Crippen molar-refractivity contribution in [1.82, 2.24) is 19.9 Å². The summed E-state index contributed by atoms with van der Waals surface area (Å²) in [5, 5.41) is 0.579. The standard InChI is InChI=1S/C6H5FN4S.2C2H6/c1-12-5-3-4(9-2-8-3)10-6(7)11-5;2*1-2/h2H,1H3,(H,8,9,10,11);2*1-2H3. The highest BCUT2D eigenvalue weighted by Crippen LogP contribution is 2.19. The van der Waals surface area contributed by atoms with Gasteiger partial charge in [-0.25, -0.2) is 4.98 Å². The lowest BCUT2D eigenvalue weighted by molar-refractivity contribution is 0.533. The van der Waals surface area contributed by atoms with Gasteiger partial charge in [-0.2, -0.15) is 14.4 Å². The van der Waals surface area contributed by atoms with Crippen LogP contribution in [0.2, 0.25) is 0 Å². The SMILES string of the molecule is CC.CC.CSc1nc(F)nc2nc[nH]c12.